The summed E-state index contributed by atoms with van der Waals surface area (Å²) in [4.78, 5) is 32.4. The predicted molar refractivity (Wildman–Crippen MR) is 110 cm³/mol. The molecule has 9 nitrogen and oxygen atoms in total. The zero-order valence-electron chi connectivity index (χ0n) is 17.1. The summed E-state index contributed by atoms with van der Waals surface area (Å²) in [7, 11) is 5.70. The van der Waals surface area contributed by atoms with E-state index in [1.165, 1.54) is 0 Å². The maximum Gasteiger partial charge on any atom is 0.254 e. The molecular weight excluding hydrogens is 370 g/mol. The first kappa shape index (κ1) is 19.4. The number of nitrogens with zero attached hydrogens (tertiary/aromatic N) is 6. The molecule has 0 aliphatic carbocycles. The SMILES string of the molecule is COc1cc(C(=O)N2C[C@@H]3CN(c4nccc(N)n4)C[C@]3(CN(C)C)C2)ccn1. The molecule has 4 rings (SSSR count). The van der Waals surface area contributed by atoms with Crippen LogP contribution < -0.4 is 15.4 Å². The van der Waals surface area contributed by atoms with Crippen molar-refractivity contribution in [3.63, 3.8) is 0 Å². The summed E-state index contributed by atoms with van der Waals surface area (Å²) < 4.78 is 5.17. The molecule has 2 atom stereocenters. The molecule has 154 valence electrons. The van der Waals surface area contributed by atoms with Gasteiger partial charge in [-0.1, -0.05) is 0 Å². The molecule has 2 aromatic heterocycles. The number of aromatic nitrogens is 3. The van der Waals surface area contributed by atoms with Gasteiger partial charge in [0.25, 0.3) is 5.91 Å². The van der Waals surface area contributed by atoms with E-state index in [2.05, 4.69) is 38.8 Å². The minimum atomic E-state index is -0.0375. The van der Waals surface area contributed by atoms with Crippen LogP contribution in [-0.4, -0.2) is 84.6 Å². The third-order valence-electron chi connectivity index (χ3n) is 5.82. The molecule has 1 amide bonds. The Kier molecular flexibility index (Phi) is 4.99. The van der Waals surface area contributed by atoms with Gasteiger partial charge in [0.15, 0.2) is 0 Å². The molecule has 9 heteroatoms. The van der Waals surface area contributed by atoms with Crippen molar-refractivity contribution >= 4 is 17.7 Å². The van der Waals surface area contributed by atoms with Crippen LogP contribution in [0.5, 0.6) is 5.88 Å². The Morgan fingerprint density at radius 1 is 1.28 bits per heavy atom. The summed E-state index contributed by atoms with van der Waals surface area (Å²) in [6.07, 6.45) is 3.30. The van der Waals surface area contributed by atoms with Gasteiger partial charge in [0.1, 0.15) is 5.82 Å². The lowest BCUT2D eigenvalue weighted by molar-refractivity contribution is 0.0765. The van der Waals surface area contributed by atoms with Gasteiger partial charge in [-0.2, -0.15) is 4.98 Å². The lowest BCUT2D eigenvalue weighted by Gasteiger charge is -2.32. The number of carbonyl (C=O) groups is 1. The van der Waals surface area contributed by atoms with Crippen molar-refractivity contribution in [1.29, 1.82) is 0 Å². The monoisotopic (exact) mass is 397 g/mol. The van der Waals surface area contributed by atoms with E-state index in [1.54, 1.807) is 37.7 Å². The van der Waals surface area contributed by atoms with Crippen LogP contribution in [-0.2, 0) is 0 Å². The van der Waals surface area contributed by atoms with Crippen molar-refractivity contribution in [2.24, 2.45) is 11.3 Å². The van der Waals surface area contributed by atoms with Crippen LogP contribution in [0.15, 0.2) is 30.6 Å². The zero-order valence-corrected chi connectivity index (χ0v) is 17.1. The second-order valence-corrected chi connectivity index (χ2v) is 8.23. The number of anilines is 2. The van der Waals surface area contributed by atoms with E-state index < -0.39 is 0 Å². The number of likely N-dealkylation sites (tertiary alicyclic amines) is 1. The maximum atomic E-state index is 13.1. The van der Waals surface area contributed by atoms with Crippen molar-refractivity contribution < 1.29 is 9.53 Å². The smallest absolute Gasteiger partial charge is 0.254 e. The fraction of sp³-hybridized carbons (Fsp3) is 0.500. The van der Waals surface area contributed by atoms with Gasteiger partial charge < -0.3 is 25.2 Å². The zero-order chi connectivity index (χ0) is 20.6. The Balaban J connectivity index is 1.56. The molecular formula is C20H27N7O2. The first-order valence-corrected chi connectivity index (χ1v) is 9.68. The number of ether oxygens (including phenoxy) is 1. The standard InChI is InChI=1S/C20H27N7O2/c1-25(2)11-20-12-26(18(28)14-4-6-22-17(8-14)29-3)9-15(20)10-27(13-20)19-23-7-5-16(21)24-19/h4-8,15H,9-13H2,1-3H3,(H2,21,23,24)/t15-,20+/m1/s1. The molecule has 0 aromatic carbocycles. The van der Waals surface area contributed by atoms with Crippen LogP contribution in [0.2, 0.25) is 0 Å². The third-order valence-corrected chi connectivity index (χ3v) is 5.82. The number of pyridine rings is 1. The highest BCUT2D eigenvalue weighted by Crippen LogP contribution is 2.44. The number of nitrogens with two attached hydrogens (primary N) is 1. The fourth-order valence-electron chi connectivity index (χ4n) is 4.69. The van der Waals surface area contributed by atoms with Gasteiger partial charge in [0.2, 0.25) is 11.8 Å². The molecule has 0 spiro atoms. The Labute approximate surface area is 170 Å². The summed E-state index contributed by atoms with van der Waals surface area (Å²) in [6, 6.07) is 5.13. The number of hydrogen-bond donors (Lipinski definition) is 1. The van der Waals surface area contributed by atoms with E-state index in [0.717, 1.165) is 19.6 Å². The van der Waals surface area contributed by atoms with Crippen molar-refractivity contribution in [3.8, 4) is 5.88 Å². The van der Waals surface area contributed by atoms with Crippen molar-refractivity contribution in [3.05, 3.63) is 36.2 Å². The minimum Gasteiger partial charge on any atom is -0.481 e. The molecule has 2 saturated heterocycles. The summed E-state index contributed by atoms with van der Waals surface area (Å²) in [5.74, 6) is 1.93. The maximum absolute atomic E-state index is 13.1. The van der Waals surface area contributed by atoms with E-state index in [0.29, 0.717) is 42.2 Å². The largest absolute Gasteiger partial charge is 0.481 e. The van der Waals surface area contributed by atoms with Crippen molar-refractivity contribution in [2.45, 2.75) is 0 Å². The Morgan fingerprint density at radius 3 is 2.79 bits per heavy atom. The third kappa shape index (κ3) is 3.69. The van der Waals surface area contributed by atoms with E-state index in [-0.39, 0.29) is 11.3 Å². The number of rotatable bonds is 5. The van der Waals surface area contributed by atoms with Gasteiger partial charge in [-0.15, -0.1) is 0 Å². The average molecular weight is 397 g/mol. The second-order valence-electron chi connectivity index (χ2n) is 8.23. The van der Waals surface area contributed by atoms with E-state index >= 15 is 0 Å². The number of methoxy groups -OCH3 is 1. The molecule has 2 aliphatic rings. The Hall–Kier alpha value is -2.94. The van der Waals surface area contributed by atoms with Crippen LogP contribution in [0.3, 0.4) is 0 Å². The number of amides is 1. The highest BCUT2D eigenvalue weighted by molar-refractivity contribution is 5.94. The predicted octanol–water partition coefficient (Wildman–Crippen LogP) is 0.603. The fourth-order valence-corrected chi connectivity index (χ4v) is 4.69. The molecule has 2 fully saturated rings. The number of nitrogen functional groups attached to an aromatic ring is 1. The van der Waals surface area contributed by atoms with Crippen molar-refractivity contribution in [2.75, 3.05) is 64.6 Å². The Morgan fingerprint density at radius 2 is 2.07 bits per heavy atom. The lowest BCUT2D eigenvalue weighted by atomic mass is 9.80. The van der Waals surface area contributed by atoms with Crippen LogP contribution in [0.4, 0.5) is 11.8 Å². The molecule has 2 N–H and O–H groups in total. The average Bonchev–Trinajstić information content (AvgIpc) is 3.20. The van der Waals surface area contributed by atoms with E-state index in [1.807, 2.05) is 4.90 Å². The second kappa shape index (κ2) is 7.47. The molecule has 0 radical (unpaired) electrons. The number of fused-ring (bicyclic) bond motifs is 1. The molecule has 29 heavy (non-hydrogen) atoms. The van der Waals surface area contributed by atoms with Gasteiger partial charge >= 0.3 is 0 Å². The van der Waals surface area contributed by atoms with Gasteiger partial charge in [0.05, 0.1) is 7.11 Å². The normalized spacial score (nSPS) is 23.5. The van der Waals surface area contributed by atoms with E-state index in [9.17, 15) is 4.79 Å². The summed E-state index contributed by atoms with van der Waals surface area (Å²) in [6.45, 7) is 3.89. The highest BCUT2D eigenvalue weighted by Gasteiger charge is 2.54. The van der Waals surface area contributed by atoms with Crippen LogP contribution >= 0.6 is 0 Å². The summed E-state index contributed by atoms with van der Waals surface area (Å²) >= 11 is 0. The lowest BCUT2D eigenvalue weighted by Crippen LogP contribution is -2.43. The van der Waals surface area contributed by atoms with Gasteiger partial charge in [0, 0.05) is 68.1 Å². The summed E-state index contributed by atoms with van der Waals surface area (Å²) in [5, 5.41) is 0. The van der Waals surface area contributed by atoms with Crippen molar-refractivity contribution in [1.82, 2.24) is 24.8 Å². The molecule has 4 heterocycles. The topological polar surface area (TPSA) is 101 Å². The van der Waals surface area contributed by atoms with Gasteiger partial charge in [-0.05, 0) is 26.2 Å². The minimum absolute atomic E-state index is 0.0185. The van der Waals surface area contributed by atoms with E-state index in [4.69, 9.17) is 10.5 Å². The molecule has 2 aliphatic heterocycles. The van der Waals surface area contributed by atoms with Crippen LogP contribution in [0.1, 0.15) is 10.4 Å². The molecule has 0 bridgehead atoms. The highest BCUT2D eigenvalue weighted by atomic mass is 16.5. The number of hydrogen-bond acceptors (Lipinski definition) is 8. The molecule has 0 saturated carbocycles. The molecule has 2 aromatic rings. The molecule has 0 unspecified atom stereocenters. The van der Waals surface area contributed by atoms with Gasteiger partial charge in [-0.25, -0.2) is 9.97 Å². The van der Waals surface area contributed by atoms with Gasteiger partial charge in [-0.3, -0.25) is 4.79 Å². The first-order chi connectivity index (χ1) is 13.9. The first-order valence-electron chi connectivity index (χ1n) is 9.68. The summed E-state index contributed by atoms with van der Waals surface area (Å²) in [5.41, 5.74) is 6.42. The number of carbonyl (C=O) groups excluding carboxylic acids is 1. The Bertz CT molecular complexity index is 906. The quantitative estimate of drug-likeness (QED) is 0.783. The van der Waals surface area contributed by atoms with Crippen LogP contribution in [0.25, 0.3) is 0 Å². The van der Waals surface area contributed by atoms with Crippen LogP contribution in [0, 0.1) is 11.3 Å².